The second kappa shape index (κ2) is 8.56. The van der Waals surface area contributed by atoms with Gasteiger partial charge in [0.2, 0.25) is 6.79 Å². The first-order valence-corrected chi connectivity index (χ1v) is 10.8. The van der Waals surface area contributed by atoms with Gasteiger partial charge in [-0.05, 0) is 41.8 Å². The molecule has 0 unspecified atom stereocenters. The van der Waals surface area contributed by atoms with Gasteiger partial charge in [-0.2, -0.15) is 0 Å². The number of nitrogens with zero attached hydrogens (tertiary/aromatic N) is 1. The van der Waals surface area contributed by atoms with Gasteiger partial charge in [0.15, 0.2) is 22.9 Å². The normalized spacial score (nSPS) is 18.7. The second-order valence-electron chi connectivity index (χ2n) is 8.16. The van der Waals surface area contributed by atoms with Crippen molar-refractivity contribution in [1.82, 2.24) is 0 Å². The maximum absolute atomic E-state index is 13.3. The number of carbonyl (C=O) groups excluding carboxylic acids is 2. The fourth-order valence-corrected chi connectivity index (χ4v) is 4.30. The van der Waals surface area contributed by atoms with Crippen LogP contribution in [-0.2, 0) is 21.6 Å². The third-order valence-corrected chi connectivity index (χ3v) is 5.99. The lowest BCUT2D eigenvalue weighted by atomic mass is 9.89. The number of amides is 1. The van der Waals surface area contributed by atoms with E-state index in [-0.39, 0.29) is 19.0 Å². The van der Waals surface area contributed by atoms with Crippen LogP contribution >= 0.6 is 0 Å². The average Bonchev–Trinajstić information content (AvgIpc) is 3.38. The molecule has 1 N–H and O–H groups in total. The lowest BCUT2D eigenvalue weighted by Gasteiger charge is -2.22. The average molecular weight is 441 g/mol. The van der Waals surface area contributed by atoms with E-state index in [0.29, 0.717) is 35.7 Å². The van der Waals surface area contributed by atoms with Gasteiger partial charge < -0.3 is 19.5 Å². The Hall–Kier alpha value is -3.90. The highest BCUT2D eigenvalue weighted by Gasteiger charge is 2.50. The number of ketones is 1. The van der Waals surface area contributed by atoms with Crippen molar-refractivity contribution >= 4 is 23.5 Å². The molecule has 3 aromatic rings. The summed E-state index contributed by atoms with van der Waals surface area (Å²) in [5, 5.41) is 11.4. The van der Waals surface area contributed by atoms with Gasteiger partial charge in [0.05, 0.1) is 12.1 Å². The molecule has 2 heterocycles. The van der Waals surface area contributed by atoms with Crippen LogP contribution in [0.4, 0.5) is 5.69 Å². The van der Waals surface area contributed by atoms with Crippen LogP contribution in [0.5, 0.6) is 11.5 Å². The zero-order valence-electron chi connectivity index (χ0n) is 17.9. The molecule has 3 aromatic carbocycles. The van der Waals surface area contributed by atoms with E-state index in [9.17, 15) is 14.7 Å². The number of allylic oxidation sites excluding steroid dienone is 1. The summed E-state index contributed by atoms with van der Waals surface area (Å²) >= 11 is 0. The summed E-state index contributed by atoms with van der Waals surface area (Å²) in [7, 11) is 0. The van der Waals surface area contributed by atoms with E-state index in [1.807, 2.05) is 48.5 Å². The number of benzene rings is 3. The highest BCUT2D eigenvalue weighted by atomic mass is 16.7. The van der Waals surface area contributed by atoms with Crippen molar-refractivity contribution in [1.29, 1.82) is 0 Å². The Morgan fingerprint density at radius 3 is 2.61 bits per heavy atom. The van der Waals surface area contributed by atoms with Crippen LogP contribution < -0.4 is 14.4 Å². The van der Waals surface area contributed by atoms with Crippen molar-refractivity contribution in [2.45, 2.75) is 18.4 Å². The zero-order chi connectivity index (χ0) is 22.8. The van der Waals surface area contributed by atoms with Gasteiger partial charge in [-0.15, -0.1) is 0 Å². The molecule has 1 atom stereocenters. The number of fused-ring (bicyclic) bond motifs is 2. The molecule has 166 valence electrons. The van der Waals surface area contributed by atoms with E-state index in [4.69, 9.17) is 9.47 Å². The maximum atomic E-state index is 13.3. The first-order valence-electron chi connectivity index (χ1n) is 10.8. The zero-order valence-corrected chi connectivity index (χ0v) is 17.9. The van der Waals surface area contributed by atoms with Crippen LogP contribution in [0.1, 0.15) is 23.1 Å². The van der Waals surface area contributed by atoms with Gasteiger partial charge in [-0.1, -0.05) is 60.7 Å². The summed E-state index contributed by atoms with van der Waals surface area (Å²) in [6.45, 7) is 0.597. The monoisotopic (exact) mass is 441 g/mol. The van der Waals surface area contributed by atoms with Crippen molar-refractivity contribution in [2.75, 3.05) is 18.2 Å². The van der Waals surface area contributed by atoms with E-state index >= 15 is 0 Å². The number of para-hydroxylation sites is 1. The maximum Gasteiger partial charge on any atom is 0.264 e. The number of hydrogen-bond acceptors (Lipinski definition) is 5. The highest BCUT2D eigenvalue weighted by Crippen LogP contribution is 2.42. The Kier molecular flexibility index (Phi) is 5.44. The minimum absolute atomic E-state index is 0.177. The van der Waals surface area contributed by atoms with Crippen molar-refractivity contribution < 1.29 is 24.2 Å². The first-order chi connectivity index (χ1) is 16.0. The van der Waals surface area contributed by atoms with Crippen LogP contribution in [-0.4, -0.2) is 30.1 Å². The SMILES string of the molecule is O=C(/C=C/c1ccc2c(c1)OCO2)C[C@]1(O)C(=O)N(CCc2ccccc2)c2ccccc21. The predicted octanol–water partition coefficient (Wildman–Crippen LogP) is 3.86. The van der Waals surface area contributed by atoms with Gasteiger partial charge in [0.1, 0.15) is 0 Å². The quantitative estimate of drug-likeness (QED) is 0.564. The van der Waals surface area contributed by atoms with Crippen molar-refractivity contribution in [2.24, 2.45) is 0 Å². The molecule has 0 fully saturated rings. The molecule has 1 amide bonds. The van der Waals surface area contributed by atoms with Gasteiger partial charge in [0.25, 0.3) is 5.91 Å². The molecule has 33 heavy (non-hydrogen) atoms. The Morgan fingerprint density at radius 2 is 1.76 bits per heavy atom. The molecule has 0 aliphatic carbocycles. The predicted molar refractivity (Wildman–Crippen MR) is 124 cm³/mol. The molecular formula is C27H23NO5. The number of aliphatic hydroxyl groups is 1. The fourth-order valence-electron chi connectivity index (χ4n) is 4.30. The molecule has 0 saturated carbocycles. The van der Waals surface area contributed by atoms with E-state index in [0.717, 1.165) is 11.1 Å². The molecule has 2 aliphatic heterocycles. The van der Waals surface area contributed by atoms with E-state index in [2.05, 4.69) is 0 Å². The third-order valence-electron chi connectivity index (χ3n) is 5.99. The lowest BCUT2D eigenvalue weighted by Crippen LogP contribution is -2.42. The molecule has 6 nitrogen and oxygen atoms in total. The van der Waals surface area contributed by atoms with E-state index in [1.165, 1.54) is 6.08 Å². The van der Waals surface area contributed by atoms with E-state index < -0.39 is 11.5 Å². The summed E-state index contributed by atoms with van der Waals surface area (Å²) in [5.74, 6) is 0.474. The molecule has 0 radical (unpaired) electrons. The van der Waals surface area contributed by atoms with Crippen LogP contribution in [0.15, 0.2) is 78.9 Å². The molecular weight excluding hydrogens is 418 g/mol. The number of ether oxygens (including phenoxy) is 2. The Balaban J connectivity index is 1.33. The molecule has 0 bridgehead atoms. The van der Waals surface area contributed by atoms with Crippen molar-refractivity contribution in [3.05, 3.63) is 95.6 Å². The molecule has 0 spiro atoms. The second-order valence-corrected chi connectivity index (χ2v) is 8.16. The van der Waals surface area contributed by atoms with Crippen LogP contribution in [0, 0.1) is 0 Å². The highest BCUT2D eigenvalue weighted by molar-refractivity contribution is 6.10. The molecule has 5 rings (SSSR count). The summed E-state index contributed by atoms with van der Waals surface area (Å²) in [5.41, 5.74) is 1.09. The fraction of sp³-hybridized carbons (Fsp3) is 0.185. The standard InChI is InChI=1S/C27H23NO5/c29-21(12-10-20-11-13-24-25(16-20)33-18-32-24)17-27(31)22-8-4-5-9-23(22)28(26(27)30)15-14-19-6-2-1-3-7-19/h1-13,16,31H,14-15,17-18H2/b12-10+/t27-/m1/s1. The minimum atomic E-state index is -1.89. The molecule has 6 heteroatoms. The third kappa shape index (κ3) is 4.01. The molecule has 0 saturated heterocycles. The number of anilines is 1. The summed E-state index contributed by atoms with van der Waals surface area (Å²) in [6, 6.07) is 22.4. The lowest BCUT2D eigenvalue weighted by molar-refractivity contribution is -0.140. The summed E-state index contributed by atoms with van der Waals surface area (Å²) < 4.78 is 10.7. The van der Waals surface area contributed by atoms with Crippen molar-refractivity contribution in [3.63, 3.8) is 0 Å². The van der Waals surface area contributed by atoms with Gasteiger partial charge in [-0.25, -0.2) is 0 Å². The summed E-state index contributed by atoms with van der Waals surface area (Å²) in [4.78, 5) is 27.7. The topological polar surface area (TPSA) is 76.1 Å². The minimum Gasteiger partial charge on any atom is -0.454 e. The molecule has 2 aliphatic rings. The van der Waals surface area contributed by atoms with Gasteiger partial charge in [-0.3, -0.25) is 9.59 Å². The van der Waals surface area contributed by atoms with Crippen molar-refractivity contribution in [3.8, 4) is 11.5 Å². The molecule has 0 aromatic heterocycles. The van der Waals surface area contributed by atoms with Crippen LogP contribution in [0.2, 0.25) is 0 Å². The van der Waals surface area contributed by atoms with E-state index in [1.54, 1.807) is 35.2 Å². The first kappa shape index (κ1) is 21.0. The number of carbonyl (C=O) groups is 2. The smallest absolute Gasteiger partial charge is 0.264 e. The van der Waals surface area contributed by atoms with Gasteiger partial charge in [0, 0.05) is 12.1 Å². The van der Waals surface area contributed by atoms with Gasteiger partial charge >= 0.3 is 0 Å². The largest absolute Gasteiger partial charge is 0.454 e. The van der Waals surface area contributed by atoms with Crippen LogP contribution in [0.3, 0.4) is 0 Å². The summed E-state index contributed by atoms with van der Waals surface area (Å²) in [6.07, 6.45) is 3.35. The Morgan fingerprint density at radius 1 is 1.00 bits per heavy atom. The number of hydrogen-bond donors (Lipinski definition) is 1. The Bertz CT molecular complexity index is 1240. The Labute approximate surface area is 191 Å². The van der Waals surface area contributed by atoms with Crippen LogP contribution in [0.25, 0.3) is 6.08 Å². The number of rotatable bonds is 7.